The molecule has 1 aliphatic rings. The monoisotopic (exact) mass is 636 g/mol. The van der Waals surface area contributed by atoms with E-state index in [0.717, 1.165) is 0 Å². The number of anilines is 3. The van der Waals surface area contributed by atoms with Gasteiger partial charge in [-0.15, -0.1) is 0 Å². The first-order valence-corrected chi connectivity index (χ1v) is 13.6. The summed E-state index contributed by atoms with van der Waals surface area (Å²) in [5.41, 5.74) is -18.7. The normalized spacial score (nSPS) is 23.5. The van der Waals surface area contributed by atoms with Crippen molar-refractivity contribution in [3.8, 4) is 33.4 Å². The summed E-state index contributed by atoms with van der Waals surface area (Å²) in [5.74, 6) is 0. The lowest BCUT2D eigenvalue weighted by molar-refractivity contribution is 0.660. The van der Waals surface area contributed by atoms with Gasteiger partial charge in [0.15, 0.2) is 0 Å². The second kappa shape index (κ2) is 10.6. The van der Waals surface area contributed by atoms with Crippen LogP contribution in [0.5, 0.6) is 0 Å². The zero-order chi connectivity index (χ0) is 60.0. The predicted octanol–water partition coefficient (Wildman–Crippen LogP) is 12.7. The Morgan fingerprint density at radius 2 is 1.15 bits per heavy atom. The van der Waals surface area contributed by atoms with Gasteiger partial charge in [-0.25, -0.2) is 0 Å². The molecule has 7 aromatic carbocycles. The molecule has 0 unspecified atom stereocenters. The summed E-state index contributed by atoms with van der Waals surface area (Å²) in [7, 11) is 0. The third kappa shape index (κ3) is 4.33. The zero-order valence-electron chi connectivity index (χ0n) is 56.4. The van der Waals surface area contributed by atoms with Crippen LogP contribution in [0, 0.1) is 0 Å². The van der Waals surface area contributed by atoms with Crippen LogP contribution >= 0.6 is 0 Å². The summed E-state index contributed by atoms with van der Waals surface area (Å²) in [6, 6.07) is -31.6. The van der Waals surface area contributed by atoms with E-state index < -0.39 is 266 Å². The summed E-state index contributed by atoms with van der Waals surface area (Å²) in [6.45, 7) is -8.36. The largest absolute Gasteiger partial charge is 0.456 e. The van der Waals surface area contributed by atoms with E-state index in [-0.39, 0.29) is 4.90 Å². The van der Waals surface area contributed by atoms with Crippen molar-refractivity contribution in [3.05, 3.63) is 174 Å². The molecule has 1 heterocycles. The summed E-state index contributed by atoms with van der Waals surface area (Å²) < 4.78 is 304. The maximum Gasteiger partial charge on any atom is 0.137 e. The number of nitrogens with zero attached hydrogens (tertiary/aromatic N) is 1. The summed E-state index contributed by atoms with van der Waals surface area (Å²) in [5, 5.41) is -1.61. The van der Waals surface area contributed by atoms with Gasteiger partial charge in [0, 0.05) is 30.3 Å². The minimum atomic E-state index is -4.18. The average molecular weight is 637 g/mol. The molecule has 8 aromatic rings. The molecular formula is C45H33NO. The molecule has 0 bridgehead atoms. The Hall–Kier alpha value is -5.86. The van der Waals surface area contributed by atoms with Gasteiger partial charge >= 0.3 is 0 Å². The van der Waals surface area contributed by atoms with E-state index in [9.17, 15) is 20.6 Å². The van der Waals surface area contributed by atoms with Gasteiger partial charge in [0.25, 0.3) is 0 Å². The van der Waals surface area contributed by atoms with E-state index in [4.69, 9.17) is 29.1 Å². The standard InChI is InChI=1S/C45H33NO/c1-45(2)38-28-32(30-14-5-3-6-15-30)24-26-35(38)36-27-25-33(29-39(36)45)46(40-20-11-9-18-34(40)31-16-7-4-8-17-31)41-21-13-23-43-44(41)37-19-10-12-22-42(37)47-43/h3-29H,1-2H3/i1D3,2D3,3D,4D,5D,6D,7D,8D,9D,10D,11D,12D,13D,14D,15D,16D,17D,18D,19D,20D,21D,22D,23D,24D,25D,26D,27D,28D,29D. The maximum absolute atomic E-state index is 10.3. The highest BCUT2D eigenvalue weighted by molar-refractivity contribution is 6.14. The first-order valence-electron chi connectivity index (χ1n) is 30.1. The van der Waals surface area contributed by atoms with Crippen molar-refractivity contribution >= 4 is 39.0 Å². The topological polar surface area (TPSA) is 16.4 Å². The van der Waals surface area contributed by atoms with Crippen LogP contribution in [-0.2, 0) is 5.41 Å². The zero-order valence-corrected chi connectivity index (χ0v) is 23.4. The molecule has 0 spiro atoms. The Labute approximate surface area is 321 Å². The van der Waals surface area contributed by atoms with Crippen LogP contribution in [-0.4, -0.2) is 0 Å². The van der Waals surface area contributed by atoms with Crippen molar-refractivity contribution in [1.82, 2.24) is 0 Å². The third-order valence-electron chi connectivity index (χ3n) is 7.38. The Balaban J connectivity index is 1.63. The highest BCUT2D eigenvalue weighted by Crippen LogP contribution is 2.53. The fraction of sp³-hybridized carbons (Fsp3) is 0.0667. The number of rotatable bonds is 5. The lowest BCUT2D eigenvalue weighted by Gasteiger charge is -2.30. The van der Waals surface area contributed by atoms with Crippen molar-refractivity contribution < 1.29 is 49.7 Å². The molecule has 1 aliphatic carbocycles. The molecule has 0 N–H and O–H groups in total. The first kappa shape index (κ1) is 9.82. The van der Waals surface area contributed by atoms with Crippen LogP contribution in [0.25, 0.3) is 55.3 Å². The summed E-state index contributed by atoms with van der Waals surface area (Å²) in [4.78, 5) is 0.263. The predicted molar refractivity (Wildman–Crippen MR) is 197 cm³/mol. The minimum absolute atomic E-state index is 0.263. The van der Waals surface area contributed by atoms with Crippen molar-refractivity contribution in [2.75, 3.05) is 4.90 Å². The number of benzene rings is 7. The molecule has 224 valence electrons. The van der Waals surface area contributed by atoms with Gasteiger partial charge in [0.2, 0.25) is 0 Å². The van der Waals surface area contributed by atoms with E-state index in [0.29, 0.717) is 0 Å². The molecule has 0 radical (unpaired) electrons. The second-order valence-corrected chi connectivity index (χ2v) is 10.0. The number of para-hydroxylation sites is 2. The fourth-order valence-electron chi connectivity index (χ4n) is 5.35. The summed E-state index contributed by atoms with van der Waals surface area (Å²) >= 11 is 0. The smallest absolute Gasteiger partial charge is 0.137 e. The highest BCUT2D eigenvalue weighted by atomic mass is 16.3. The van der Waals surface area contributed by atoms with E-state index in [1.54, 1.807) is 0 Å². The van der Waals surface area contributed by atoms with E-state index in [1.807, 2.05) is 0 Å². The fourth-order valence-corrected chi connectivity index (χ4v) is 5.35. The Kier molecular flexibility index (Phi) is 2.22. The Morgan fingerprint density at radius 3 is 1.96 bits per heavy atom. The molecule has 2 heteroatoms. The van der Waals surface area contributed by atoms with Gasteiger partial charge in [-0.1, -0.05) is 135 Å². The van der Waals surface area contributed by atoms with E-state index in [1.165, 1.54) is 0 Å². The molecule has 47 heavy (non-hydrogen) atoms. The highest BCUT2D eigenvalue weighted by Gasteiger charge is 2.36. The Morgan fingerprint density at radius 1 is 0.511 bits per heavy atom. The van der Waals surface area contributed by atoms with Crippen molar-refractivity contribution in [2.24, 2.45) is 0 Å². The molecule has 0 saturated heterocycles. The summed E-state index contributed by atoms with van der Waals surface area (Å²) in [6.07, 6.45) is 0. The van der Waals surface area contributed by atoms with Crippen molar-refractivity contribution in [1.29, 1.82) is 0 Å². The van der Waals surface area contributed by atoms with Crippen molar-refractivity contribution in [2.45, 2.75) is 19.1 Å². The van der Waals surface area contributed by atoms with Crippen LogP contribution in [0.3, 0.4) is 0 Å². The van der Waals surface area contributed by atoms with Gasteiger partial charge in [-0.2, -0.15) is 0 Å². The SMILES string of the molecule is [2H]c1c([2H])c([2H])c(-c2c([2H])c([2H])c3c(c2[2H])C(C([2H])([2H])[2H])(C([2H])([2H])[2H])c2c([2H])c(N(c4c([2H])c([2H])c([2H])c([2H])c4-c4c([2H])c([2H])c([2H])c([2H])c4[2H])c4c([2H])c([2H])c([2H])c5oc6c([2H])c([2H])c([2H])c([2H])c6c45)c([2H])c([2H])c2-3)c([2H])c1[2H]. The van der Waals surface area contributed by atoms with Gasteiger partial charge < -0.3 is 9.32 Å². The molecule has 2 nitrogen and oxygen atoms in total. The van der Waals surface area contributed by atoms with E-state index >= 15 is 0 Å². The van der Waals surface area contributed by atoms with Crippen LogP contribution in [0.1, 0.15) is 70.1 Å². The van der Waals surface area contributed by atoms with Gasteiger partial charge in [0.1, 0.15) is 11.2 Å². The van der Waals surface area contributed by atoms with Crippen LogP contribution < -0.4 is 4.90 Å². The number of fused-ring (bicyclic) bond motifs is 6. The molecule has 0 fully saturated rings. The average Bonchev–Trinajstić information content (AvgIpc) is 4.19. The molecule has 1 aromatic heterocycles. The minimum Gasteiger partial charge on any atom is -0.456 e. The van der Waals surface area contributed by atoms with Gasteiger partial charge in [-0.05, 0) is 81.2 Å². The van der Waals surface area contributed by atoms with Crippen molar-refractivity contribution in [3.63, 3.8) is 0 Å². The lowest BCUT2D eigenvalue weighted by Crippen LogP contribution is -2.17. The first-order chi connectivity index (χ1) is 36.8. The molecule has 0 saturated carbocycles. The second-order valence-electron chi connectivity index (χ2n) is 10.0. The van der Waals surface area contributed by atoms with Gasteiger partial charge in [-0.3, -0.25) is 0 Å². The molecular weight excluding hydrogens is 571 g/mol. The van der Waals surface area contributed by atoms with Crippen LogP contribution in [0.15, 0.2) is 168 Å². The Bertz CT molecular complexity index is 4120. The molecule has 0 atom stereocenters. The maximum atomic E-state index is 10.3. The number of furan rings is 1. The number of hydrogen-bond acceptors (Lipinski definition) is 2. The van der Waals surface area contributed by atoms with E-state index in [2.05, 4.69) is 0 Å². The third-order valence-corrected chi connectivity index (χ3v) is 7.38. The quantitative estimate of drug-likeness (QED) is 0.187. The van der Waals surface area contributed by atoms with Crippen LogP contribution in [0.4, 0.5) is 17.1 Å². The molecule has 9 rings (SSSR count). The number of hydrogen-bond donors (Lipinski definition) is 0. The van der Waals surface area contributed by atoms with Crippen LogP contribution in [0.2, 0.25) is 0 Å². The molecule has 0 amide bonds. The van der Waals surface area contributed by atoms with Gasteiger partial charge in [0.05, 0.1) is 53.8 Å². The molecule has 0 aliphatic heterocycles. The lowest BCUT2D eigenvalue weighted by atomic mass is 9.81.